The summed E-state index contributed by atoms with van der Waals surface area (Å²) in [5.41, 5.74) is 2.15. The van der Waals surface area contributed by atoms with E-state index in [1.807, 2.05) is 24.3 Å². The molecule has 0 saturated heterocycles. The van der Waals surface area contributed by atoms with E-state index in [1.54, 1.807) is 18.0 Å². The number of aromatic nitrogens is 3. The number of carbonyl (C=O) groups is 2. The molecular weight excluding hydrogens is 282 g/mol. The molecule has 7 heteroatoms. The van der Waals surface area contributed by atoms with Crippen molar-refractivity contribution >= 4 is 23.3 Å². The van der Waals surface area contributed by atoms with E-state index in [1.165, 1.54) is 10.2 Å². The Morgan fingerprint density at radius 2 is 2.14 bits per heavy atom. The van der Waals surface area contributed by atoms with Crippen LogP contribution < -0.4 is 10.2 Å². The van der Waals surface area contributed by atoms with Crippen LogP contribution >= 0.6 is 0 Å². The van der Waals surface area contributed by atoms with Crippen LogP contribution in [0.25, 0.3) is 0 Å². The molecule has 1 aromatic carbocycles. The van der Waals surface area contributed by atoms with Crippen LogP contribution in [0.3, 0.4) is 0 Å². The Labute approximate surface area is 127 Å². The fourth-order valence-corrected chi connectivity index (χ4v) is 2.49. The second-order valence-corrected chi connectivity index (χ2v) is 5.13. The average Bonchev–Trinajstić information content (AvgIpc) is 3.13. The third-order valence-electron chi connectivity index (χ3n) is 3.61. The Kier molecular flexibility index (Phi) is 3.86. The number of rotatable bonds is 4. The number of nitrogens with one attached hydrogen (secondary N) is 1. The van der Waals surface area contributed by atoms with Gasteiger partial charge in [-0.2, -0.15) is 0 Å². The second kappa shape index (κ2) is 5.97. The van der Waals surface area contributed by atoms with E-state index in [-0.39, 0.29) is 18.4 Å². The molecule has 0 radical (unpaired) electrons. The van der Waals surface area contributed by atoms with Crippen LogP contribution in [0.1, 0.15) is 18.9 Å². The van der Waals surface area contributed by atoms with Crippen LogP contribution in [-0.2, 0) is 22.6 Å². The number of hydrogen-bond donors (Lipinski definition) is 1. The fraction of sp³-hybridized carbons (Fsp3) is 0.333. The maximum Gasteiger partial charge on any atom is 0.248 e. The van der Waals surface area contributed by atoms with Crippen molar-refractivity contribution in [2.75, 3.05) is 16.8 Å². The lowest BCUT2D eigenvalue weighted by Crippen LogP contribution is -2.32. The van der Waals surface area contributed by atoms with Gasteiger partial charge in [0.25, 0.3) is 0 Å². The van der Waals surface area contributed by atoms with E-state index >= 15 is 0 Å². The number of fused-ring (bicyclic) bond motifs is 1. The van der Waals surface area contributed by atoms with Crippen molar-refractivity contribution < 1.29 is 9.59 Å². The lowest BCUT2D eigenvalue weighted by Gasteiger charge is -2.16. The molecule has 2 heterocycles. The molecule has 0 unspecified atom stereocenters. The molecule has 0 atom stereocenters. The monoisotopic (exact) mass is 299 g/mol. The van der Waals surface area contributed by atoms with Gasteiger partial charge in [-0.3, -0.25) is 9.59 Å². The number of amides is 2. The lowest BCUT2D eigenvalue weighted by atomic mass is 10.2. The summed E-state index contributed by atoms with van der Waals surface area (Å²) in [6.07, 6.45) is 2.81. The van der Waals surface area contributed by atoms with Crippen LogP contribution in [0.5, 0.6) is 0 Å². The molecule has 1 aliphatic rings. The quantitative estimate of drug-likeness (QED) is 0.920. The smallest absolute Gasteiger partial charge is 0.248 e. The summed E-state index contributed by atoms with van der Waals surface area (Å²) in [6, 6.07) is 7.90. The maximum absolute atomic E-state index is 12.4. The first-order chi connectivity index (χ1) is 10.7. The SMILES string of the molecule is CCC(=O)Nc1cn(CC(=O)N2CCc3ccccc32)nn1. The van der Waals surface area contributed by atoms with Crippen LogP contribution in [0.2, 0.25) is 0 Å². The molecule has 0 saturated carbocycles. The molecule has 3 rings (SSSR count). The normalized spacial score (nSPS) is 13.0. The van der Waals surface area contributed by atoms with Gasteiger partial charge in [-0.15, -0.1) is 5.10 Å². The van der Waals surface area contributed by atoms with Crippen molar-refractivity contribution in [2.45, 2.75) is 26.3 Å². The van der Waals surface area contributed by atoms with Crippen LogP contribution in [0.4, 0.5) is 11.5 Å². The van der Waals surface area contributed by atoms with E-state index in [2.05, 4.69) is 15.6 Å². The van der Waals surface area contributed by atoms with Crippen LogP contribution in [0, 0.1) is 0 Å². The van der Waals surface area contributed by atoms with Gasteiger partial charge in [0, 0.05) is 18.7 Å². The number of hydrogen-bond acceptors (Lipinski definition) is 4. The topological polar surface area (TPSA) is 80.1 Å². The molecule has 2 aromatic rings. The van der Waals surface area contributed by atoms with Gasteiger partial charge >= 0.3 is 0 Å². The zero-order valence-electron chi connectivity index (χ0n) is 12.3. The van der Waals surface area contributed by atoms with Gasteiger partial charge in [0.1, 0.15) is 6.54 Å². The lowest BCUT2D eigenvalue weighted by molar-refractivity contribution is -0.119. The van der Waals surface area contributed by atoms with E-state index < -0.39 is 0 Å². The molecule has 0 fully saturated rings. The minimum Gasteiger partial charge on any atom is -0.310 e. The Bertz CT molecular complexity index is 709. The Morgan fingerprint density at radius 3 is 2.95 bits per heavy atom. The van der Waals surface area contributed by atoms with Crippen molar-refractivity contribution in [1.29, 1.82) is 0 Å². The van der Waals surface area contributed by atoms with Crippen molar-refractivity contribution in [2.24, 2.45) is 0 Å². The molecule has 2 amide bonds. The van der Waals surface area contributed by atoms with Crippen molar-refractivity contribution in [1.82, 2.24) is 15.0 Å². The fourth-order valence-electron chi connectivity index (χ4n) is 2.49. The van der Waals surface area contributed by atoms with E-state index in [9.17, 15) is 9.59 Å². The van der Waals surface area contributed by atoms with E-state index in [4.69, 9.17) is 0 Å². The highest BCUT2D eigenvalue weighted by Gasteiger charge is 2.24. The van der Waals surface area contributed by atoms with Gasteiger partial charge in [0.2, 0.25) is 11.8 Å². The highest BCUT2D eigenvalue weighted by Crippen LogP contribution is 2.27. The molecular formula is C15H17N5O2. The third kappa shape index (κ3) is 2.83. The zero-order valence-corrected chi connectivity index (χ0v) is 12.3. The van der Waals surface area contributed by atoms with Crippen molar-refractivity contribution in [3.63, 3.8) is 0 Å². The Morgan fingerprint density at radius 1 is 1.32 bits per heavy atom. The summed E-state index contributed by atoms with van der Waals surface area (Å²) >= 11 is 0. The van der Waals surface area contributed by atoms with Gasteiger partial charge in [-0.25, -0.2) is 4.68 Å². The van der Waals surface area contributed by atoms with Gasteiger partial charge in [-0.1, -0.05) is 30.3 Å². The van der Waals surface area contributed by atoms with Gasteiger partial charge in [0.05, 0.1) is 6.20 Å². The zero-order chi connectivity index (χ0) is 15.5. The van der Waals surface area contributed by atoms with Gasteiger partial charge in [0.15, 0.2) is 5.82 Å². The number of para-hydroxylation sites is 1. The molecule has 114 valence electrons. The predicted octanol–water partition coefficient (Wildman–Crippen LogP) is 1.22. The molecule has 1 aliphatic heterocycles. The number of benzene rings is 1. The number of anilines is 2. The van der Waals surface area contributed by atoms with Crippen molar-refractivity contribution in [3.05, 3.63) is 36.0 Å². The highest BCUT2D eigenvalue weighted by molar-refractivity contribution is 5.95. The van der Waals surface area contributed by atoms with E-state index in [0.29, 0.717) is 18.8 Å². The first-order valence-corrected chi connectivity index (χ1v) is 7.25. The summed E-state index contributed by atoms with van der Waals surface area (Å²) in [5.74, 6) is 0.191. The average molecular weight is 299 g/mol. The summed E-state index contributed by atoms with van der Waals surface area (Å²) in [7, 11) is 0. The summed E-state index contributed by atoms with van der Waals surface area (Å²) in [4.78, 5) is 25.5. The maximum atomic E-state index is 12.4. The second-order valence-electron chi connectivity index (χ2n) is 5.13. The summed E-state index contributed by atoms with van der Waals surface area (Å²) in [5, 5.41) is 10.3. The molecule has 0 bridgehead atoms. The van der Waals surface area contributed by atoms with Gasteiger partial charge < -0.3 is 10.2 Å². The first-order valence-electron chi connectivity index (χ1n) is 7.25. The minimum atomic E-state index is -0.133. The molecule has 0 aliphatic carbocycles. The van der Waals surface area contributed by atoms with Crippen molar-refractivity contribution in [3.8, 4) is 0 Å². The Balaban J connectivity index is 1.67. The first kappa shape index (κ1) is 14.2. The molecule has 7 nitrogen and oxygen atoms in total. The number of nitrogens with zero attached hydrogens (tertiary/aromatic N) is 4. The Hall–Kier alpha value is -2.70. The number of carbonyl (C=O) groups excluding carboxylic acids is 2. The minimum absolute atomic E-state index is 0.0387. The van der Waals surface area contributed by atoms with Gasteiger partial charge in [-0.05, 0) is 18.1 Å². The van der Waals surface area contributed by atoms with Crippen LogP contribution in [0.15, 0.2) is 30.5 Å². The summed E-state index contributed by atoms with van der Waals surface area (Å²) < 4.78 is 1.44. The molecule has 0 spiro atoms. The summed E-state index contributed by atoms with van der Waals surface area (Å²) in [6.45, 7) is 2.55. The molecule has 1 N–H and O–H groups in total. The largest absolute Gasteiger partial charge is 0.310 e. The van der Waals surface area contributed by atoms with Crippen LogP contribution in [-0.4, -0.2) is 33.4 Å². The highest BCUT2D eigenvalue weighted by atomic mass is 16.2. The standard InChI is InChI=1S/C15H17N5O2/c1-2-14(21)16-13-9-19(18-17-13)10-15(22)20-8-7-11-5-3-4-6-12(11)20/h3-6,9H,2,7-8,10H2,1H3,(H,16,21). The van der Waals surface area contributed by atoms with E-state index in [0.717, 1.165) is 12.1 Å². The third-order valence-corrected chi connectivity index (χ3v) is 3.61. The predicted molar refractivity (Wildman–Crippen MR) is 81.4 cm³/mol. The molecule has 22 heavy (non-hydrogen) atoms. The molecule has 1 aromatic heterocycles.